The quantitative estimate of drug-likeness (QED) is 0.446. The molecule has 0 aromatic heterocycles. The highest BCUT2D eigenvalue weighted by Gasteiger charge is 2.69. The van der Waals surface area contributed by atoms with Crippen molar-refractivity contribution in [3.63, 3.8) is 0 Å². The molecular formula is C11H18F6O. The summed E-state index contributed by atoms with van der Waals surface area (Å²) >= 11 is 0. The minimum atomic E-state index is -5.41. The largest absolute Gasteiger partial charge is 0.375 e. The Morgan fingerprint density at radius 2 is 1.44 bits per heavy atom. The molecule has 0 N–H and O–H groups in total. The van der Waals surface area contributed by atoms with Gasteiger partial charge >= 0.3 is 17.8 Å². The minimum absolute atomic E-state index is 0.138. The molecule has 0 aliphatic rings. The van der Waals surface area contributed by atoms with E-state index in [-0.39, 0.29) is 13.5 Å². The van der Waals surface area contributed by atoms with Crippen molar-refractivity contribution in [2.24, 2.45) is 0 Å². The van der Waals surface area contributed by atoms with Crippen LogP contribution in [0.5, 0.6) is 0 Å². The predicted octanol–water partition coefficient (Wildman–Crippen LogP) is 4.51. The molecule has 18 heavy (non-hydrogen) atoms. The Hall–Kier alpha value is -0.460. The fourth-order valence-corrected chi connectivity index (χ4v) is 1.24. The Kier molecular flexibility index (Phi) is 6.46. The van der Waals surface area contributed by atoms with Crippen LogP contribution in [0.15, 0.2) is 0 Å². The van der Waals surface area contributed by atoms with Crippen molar-refractivity contribution in [2.45, 2.75) is 57.3 Å². The summed E-state index contributed by atoms with van der Waals surface area (Å²) in [7, 11) is 0. The van der Waals surface area contributed by atoms with E-state index in [0.717, 1.165) is 19.3 Å². The lowest BCUT2D eigenvalue weighted by Gasteiger charge is -2.30. The van der Waals surface area contributed by atoms with Crippen LogP contribution in [-0.2, 0) is 4.74 Å². The average Bonchev–Trinajstić information content (AvgIpc) is 2.21. The Bertz CT molecular complexity index is 236. The highest BCUT2D eigenvalue weighted by molar-refractivity contribution is 4.93. The molecule has 0 spiro atoms. The topological polar surface area (TPSA) is 9.23 Å². The van der Waals surface area contributed by atoms with Gasteiger partial charge in [-0.25, -0.2) is 0 Å². The van der Waals surface area contributed by atoms with Crippen molar-refractivity contribution in [3.05, 3.63) is 0 Å². The molecule has 0 aliphatic heterocycles. The lowest BCUT2D eigenvalue weighted by atomic mass is 10.1. The number of rotatable bonds is 9. The van der Waals surface area contributed by atoms with Crippen LogP contribution in [0.4, 0.5) is 26.3 Å². The molecule has 0 saturated heterocycles. The van der Waals surface area contributed by atoms with E-state index in [1.165, 1.54) is 0 Å². The van der Waals surface area contributed by atoms with E-state index in [9.17, 15) is 26.3 Å². The van der Waals surface area contributed by atoms with E-state index >= 15 is 0 Å². The number of alkyl halides is 6. The molecule has 0 aromatic rings. The van der Waals surface area contributed by atoms with Crippen molar-refractivity contribution >= 4 is 0 Å². The standard InChI is InChI=1S/C11H18F6O/c1-3-4-5-6-7-18-8-10(14,15)11(16,17)9(2,12)13/h3-8H2,1-2H3. The van der Waals surface area contributed by atoms with E-state index in [1.807, 2.05) is 6.92 Å². The van der Waals surface area contributed by atoms with E-state index in [2.05, 4.69) is 4.74 Å². The normalized spacial score (nSPS) is 14.0. The number of hydrogen-bond acceptors (Lipinski definition) is 1. The zero-order valence-electron chi connectivity index (χ0n) is 10.4. The fraction of sp³-hybridized carbons (Fsp3) is 1.00. The molecule has 0 heterocycles. The van der Waals surface area contributed by atoms with Gasteiger partial charge in [-0.15, -0.1) is 0 Å². The summed E-state index contributed by atoms with van der Waals surface area (Å²) in [5.41, 5.74) is 0. The van der Waals surface area contributed by atoms with Crippen molar-refractivity contribution in [2.75, 3.05) is 13.2 Å². The maximum atomic E-state index is 12.9. The van der Waals surface area contributed by atoms with Crippen molar-refractivity contribution in [1.82, 2.24) is 0 Å². The molecule has 0 radical (unpaired) electrons. The molecule has 0 amide bonds. The van der Waals surface area contributed by atoms with E-state index < -0.39 is 24.4 Å². The number of ether oxygens (including phenoxy) is 1. The first-order valence-corrected chi connectivity index (χ1v) is 5.77. The molecule has 0 rings (SSSR count). The van der Waals surface area contributed by atoms with Gasteiger partial charge in [-0.1, -0.05) is 26.2 Å². The van der Waals surface area contributed by atoms with E-state index in [0.29, 0.717) is 6.42 Å². The molecule has 0 atom stereocenters. The van der Waals surface area contributed by atoms with Gasteiger partial charge in [0.2, 0.25) is 0 Å². The Balaban J connectivity index is 4.15. The van der Waals surface area contributed by atoms with Crippen LogP contribution in [0.25, 0.3) is 0 Å². The van der Waals surface area contributed by atoms with E-state index in [1.54, 1.807) is 0 Å². The van der Waals surface area contributed by atoms with Gasteiger partial charge in [-0.05, 0) is 6.42 Å². The first-order chi connectivity index (χ1) is 8.06. The van der Waals surface area contributed by atoms with Gasteiger partial charge in [0.25, 0.3) is 0 Å². The molecule has 0 fully saturated rings. The highest BCUT2D eigenvalue weighted by atomic mass is 19.3. The zero-order valence-corrected chi connectivity index (χ0v) is 10.4. The summed E-state index contributed by atoms with van der Waals surface area (Å²) in [6.07, 6.45) is 2.97. The van der Waals surface area contributed by atoms with E-state index in [4.69, 9.17) is 0 Å². The third-order valence-electron chi connectivity index (χ3n) is 2.44. The molecule has 1 nitrogen and oxygen atoms in total. The van der Waals surface area contributed by atoms with Gasteiger partial charge in [0, 0.05) is 13.5 Å². The zero-order chi connectivity index (χ0) is 14.4. The SMILES string of the molecule is CCCCCCOCC(F)(F)C(F)(F)C(C)(F)F. The van der Waals surface area contributed by atoms with Gasteiger partial charge in [-0.3, -0.25) is 0 Å². The van der Waals surface area contributed by atoms with Gasteiger partial charge in [0.1, 0.15) is 6.61 Å². The molecule has 0 bridgehead atoms. The Morgan fingerprint density at radius 3 is 1.89 bits per heavy atom. The third-order valence-corrected chi connectivity index (χ3v) is 2.44. The predicted molar refractivity (Wildman–Crippen MR) is 55.5 cm³/mol. The molecule has 0 unspecified atom stereocenters. The van der Waals surface area contributed by atoms with Gasteiger partial charge < -0.3 is 4.74 Å². The Morgan fingerprint density at radius 1 is 0.889 bits per heavy atom. The van der Waals surface area contributed by atoms with Gasteiger partial charge in [-0.2, -0.15) is 26.3 Å². The third kappa shape index (κ3) is 4.66. The first-order valence-electron chi connectivity index (χ1n) is 5.77. The average molecular weight is 280 g/mol. The summed E-state index contributed by atoms with van der Waals surface area (Å²) in [5.74, 6) is -15.1. The van der Waals surface area contributed by atoms with Crippen LogP contribution in [0.2, 0.25) is 0 Å². The number of hydrogen-bond donors (Lipinski definition) is 0. The van der Waals surface area contributed by atoms with Crippen molar-refractivity contribution in [3.8, 4) is 0 Å². The molecule has 7 heteroatoms. The van der Waals surface area contributed by atoms with Gasteiger partial charge in [0.05, 0.1) is 0 Å². The fourth-order valence-electron chi connectivity index (χ4n) is 1.24. The van der Waals surface area contributed by atoms with Crippen LogP contribution in [-0.4, -0.2) is 31.0 Å². The molecule has 0 saturated carbocycles. The summed E-state index contributed by atoms with van der Waals surface area (Å²) in [6.45, 7) is -0.127. The highest BCUT2D eigenvalue weighted by Crippen LogP contribution is 2.45. The number of unbranched alkanes of at least 4 members (excludes halogenated alkanes) is 3. The summed E-state index contributed by atoms with van der Waals surface area (Å²) < 4.78 is 80.5. The molecule has 0 aliphatic carbocycles. The smallest absolute Gasteiger partial charge is 0.373 e. The van der Waals surface area contributed by atoms with Crippen molar-refractivity contribution in [1.29, 1.82) is 0 Å². The lowest BCUT2D eigenvalue weighted by molar-refractivity contribution is -0.313. The minimum Gasteiger partial charge on any atom is -0.375 e. The maximum Gasteiger partial charge on any atom is 0.373 e. The summed E-state index contributed by atoms with van der Waals surface area (Å²) in [5, 5.41) is 0. The number of halogens is 6. The van der Waals surface area contributed by atoms with Crippen LogP contribution in [0.3, 0.4) is 0 Å². The first kappa shape index (κ1) is 17.5. The summed E-state index contributed by atoms with van der Waals surface area (Å²) in [4.78, 5) is 0. The van der Waals surface area contributed by atoms with Gasteiger partial charge in [0.15, 0.2) is 0 Å². The second-order valence-corrected chi connectivity index (χ2v) is 4.28. The Labute approximate surface area is 102 Å². The van der Waals surface area contributed by atoms with Crippen LogP contribution < -0.4 is 0 Å². The maximum absolute atomic E-state index is 12.9. The van der Waals surface area contributed by atoms with Crippen molar-refractivity contribution < 1.29 is 31.1 Å². The molecule has 110 valence electrons. The van der Waals surface area contributed by atoms with Crippen LogP contribution in [0, 0.1) is 0 Å². The molecule has 0 aromatic carbocycles. The summed E-state index contributed by atoms with van der Waals surface area (Å²) in [6, 6.07) is 0. The monoisotopic (exact) mass is 280 g/mol. The lowest BCUT2D eigenvalue weighted by Crippen LogP contribution is -2.54. The van der Waals surface area contributed by atoms with Crippen LogP contribution in [0.1, 0.15) is 39.5 Å². The molecular weight excluding hydrogens is 262 g/mol. The second kappa shape index (κ2) is 6.63. The van der Waals surface area contributed by atoms with Crippen LogP contribution >= 0.6 is 0 Å². The second-order valence-electron chi connectivity index (χ2n) is 4.28.